The van der Waals surface area contributed by atoms with Crippen molar-refractivity contribution in [2.45, 2.75) is 38.6 Å². The summed E-state index contributed by atoms with van der Waals surface area (Å²) >= 11 is 5.35. The number of methoxy groups -OCH3 is 1. The van der Waals surface area contributed by atoms with Crippen LogP contribution in [0, 0.1) is 4.77 Å². The molecule has 1 aromatic carbocycles. The van der Waals surface area contributed by atoms with Crippen molar-refractivity contribution in [3.05, 3.63) is 29.0 Å². The van der Waals surface area contributed by atoms with Gasteiger partial charge in [-0.15, -0.1) is 0 Å². The molecular weight excluding hydrogens is 336 g/mol. The number of aromatic amines is 1. The Morgan fingerprint density at radius 2 is 1.88 bits per heavy atom. The van der Waals surface area contributed by atoms with Crippen molar-refractivity contribution >= 4 is 18.1 Å². The first-order valence-electron chi connectivity index (χ1n) is 8.76. The molecule has 3 rings (SSSR count). The van der Waals surface area contributed by atoms with Gasteiger partial charge in [0.25, 0.3) is 0 Å². The van der Waals surface area contributed by atoms with Crippen LogP contribution in [0.1, 0.15) is 32.1 Å². The first kappa shape index (κ1) is 17.7. The van der Waals surface area contributed by atoms with Crippen molar-refractivity contribution in [3.63, 3.8) is 0 Å². The minimum Gasteiger partial charge on any atom is -0.497 e. The van der Waals surface area contributed by atoms with Crippen molar-refractivity contribution in [1.29, 1.82) is 0 Å². The molecule has 1 aromatic heterocycles. The molecule has 0 bridgehead atoms. The number of benzene rings is 1. The molecule has 1 aliphatic rings. The number of likely N-dealkylation sites (tertiary alicyclic amines) is 1. The molecule has 0 unspecified atom stereocenters. The number of carbonyl (C=O) groups excluding carboxylic acids is 1. The third-order valence-electron chi connectivity index (χ3n) is 4.61. The summed E-state index contributed by atoms with van der Waals surface area (Å²) in [5.41, 5.74) is 0.940. The first-order chi connectivity index (χ1) is 12.2. The van der Waals surface area contributed by atoms with Gasteiger partial charge in [0, 0.05) is 31.6 Å². The zero-order valence-electron chi connectivity index (χ0n) is 14.5. The number of ether oxygens (including phenoxy) is 1. The lowest BCUT2D eigenvalue weighted by Gasteiger charge is -2.20. The highest BCUT2D eigenvalue weighted by molar-refractivity contribution is 7.71. The third kappa shape index (κ3) is 4.28. The summed E-state index contributed by atoms with van der Waals surface area (Å²) in [6.45, 7) is 2.29. The topological polar surface area (TPSA) is 63.1 Å². The Bertz CT molecular complexity index is 758. The minimum absolute atomic E-state index is 0.200. The van der Waals surface area contributed by atoms with Gasteiger partial charge in [0.1, 0.15) is 5.75 Å². The molecule has 0 atom stereocenters. The van der Waals surface area contributed by atoms with E-state index >= 15 is 0 Å². The van der Waals surface area contributed by atoms with E-state index in [4.69, 9.17) is 17.0 Å². The van der Waals surface area contributed by atoms with Gasteiger partial charge < -0.3 is 9.64 Å². The van der Waals surface area contributed by atoms with Gasteiger partial charge in [0.2, 0.25) is 5.91 Å². The van der Waals surface area contributed by atoms with Crippen LogP contribution in [0.25, 0.3) is 11.4 Å². The van der Waals surface area contributed by atoms with Crippen LogP contribution in [-0.4, -0.2) is 45.8 Å². The molecule has 1 N–H and O–H groups in total. The number of amides is 1. The largest absolute Gasteiger partial charge is 0.497 e. The third-order valence-corrected chi connectivity index (χ3v) is 4.93. The molecule has 1 aliphatic heterocycles. The fourth-order valence-electron chi connectivity index (χ4n) is 3.17. The first-order valence-corrected chi connectivity index (χ1v) is 9.17. The van der Waals surface area contributed by atoms with Crippen molar-refractivity contribution in [2.75, 3.05) is 20.2 Å². The van der Waals surface area contributed by atoms with E-state index in [2.05, 4.69) is 10.2 Å². The van der Waals surface area contributed by atoms with E-state index in [1.807, 2.05) is 33.7 Å². The number of H-pyrrole nitrogens is 1. The van der Waals surface area contributed by atoms with Gasteiger partial charge in [0.05, 0.1) is 7.11 Å². The monoisotopic (exact) mass is 360 g/mol. The number of carbonyl (C=O) groups is 1. The molecule has 1 saturated heterocycles. The number of nitrogens with zero attached hydrogens (tertiary/aromatic N) is 3. The van der Waals surface area contributed by atoms with E-state index in [1.165, 1.54) is 12.8 Å². The van der Waals surface area contributed by atoms with Gasteiger partial charge in [-0.25, -0.2) is 0 Å². The molecule has 0 radical (unpaired) electrons. The quantitative estimate of drug-likeness (QED) is 0.830. The second-order valence-electron chi connectivity index (χ2n) is 6.28. The van der Waals surface area contributed by atoms with Crippen molar-refractivity contribution in [1.82, 2.24) is 19.7 Å². The number of rotatable bonds is 5. The van der Waals surface area contributed by atoms with Gasteiger partial charge >= 0.3 is 0 Å². The van der Waals surface area contributed by atoms with Crippen molar-refractivity contribution in [3.8, 4) is 17.1 Å². The van der Waals surface area contributed by atoms with Crippen LogP contribution in [0.15, 0.2) is 24.3 Å². The van der Waals surface area contributed by atoms with Crippen LogP contribution in [0.4, 0.5) is 0 Å². The summed E-state index contributed by atoms with van der Waals surface area (Å²) in [5.74, 6) is 1.74. The standard InChI is InChI=1S/C18H24N4O2S/c1-24-15-8-6-14(7-9-15)17-19-20-18(25)22(17)13-10-16(23)21-11-4-2-3-5-12-21/h6-9H,2-5,10-13H2,1H3,(H,20,25). The zero-order valence-corrected chi connectivity index (χ0v) is 15.3. The fourth-order valence-corrected chi connectivity index (χ4v) is 3.39. The maximum Gasteiger partial charge on any atom is 0.224 e. The van der Waals surface area contributed by atoms with Crippen LogP contribution in [0.3, 0.4) is 0 Å². The molecule has 2 aromatic rings. The van der Waals surface area contributed by atoms with E-state index < -0.39 is 0 Å². The van der Waals surface area contributed by atoms with Gasteiger partial charge in [-0.3, -0.25) is 14.5 Å². The number of aromatic nitrogens is 3. The van der Waals surface area contributed by atoms with Gasteiger partial charge in [-0.2, -0.15) is 5.10 Å². The Morgan fingerprint density at radius 1 is 1.20 bits per heavy atom. The zero-order chi connectivity index (χ0) is 17.6. The van der Waals surface area contributed by atoms with Crippen LogP contribution in [-0.2, 0) is 11.3 Å². The molecular formula is C18H24N4O2S. The average molecular weight is 360 g/mol. The number of nitrogens with one attached hydrogen (secondary N) is 1. The fraction of sp³-hybridized carbons (Fsp3) is 0.500. The highest BCUT2D eigenvalue weighted by Crippen LogP contribution is 2.21. The summed E-state index contributed by atoms with van der Waals surface area (Å²) in [4.78, 5) is 14.5. The van der Waals surface area contributed by atoms with E-state index in [9.17, 15) is 4.79 Å². The number of hydrogen-bond donors (Lipinski definition) is 1. The summed E-state index contributed by atoms with van der Waals surface area (Å²) < 4.78 is 7.62. The Balaban J connectivity index is 1.71. The smallest absolute Gasteiger partial charge is 0.224 e. The van der Waals surface area contributed by atoms with Crippen LogP contribution in [0.2, 0.25) is 0 Å². The molecule has 0 spiro atoms. The van der Waals surface area contributed by atoms with Crippen molar-refractivity contribution in [2.24, 2.45) is 0 Å². The van der Waals surface area contributed by atoms with Gasteiger partial charge in [-0.1, -0.05) is 12.8 Å². The molecule has 1 fully saturated rings. The maximum absolute atomic E-state index is 12.5. The lowest BCUT2D eigenvalue weighted by atomic mass is 10.2. The second-order valence-corrected chi connectivity index (χ2v) is 6.66. The SMILES string of the molecule is COc1ccc(-c2n[nH]c(=S)n2CCC(=O)N2CCCCCC2)cc1. The summed E-state index contributed by atoms with van der Waals surface area (Å²) in [5, 5.41) is 7.16. The molecule has 134 valence electrons. The summed E-state index contributed by atoms with van der Waals surface area (Å²) in [6.07, 6.45) is 5.09. The Hall–Kier alpha value is -2.15. The second kappa shape index (κ2) is 8.29. The lowest BCUT2D eigenvalue weighted by Crippen LogP contribution is -2.32. The van der Waals surface area contributed by atoms with Gasteiger partial charge in [-0.05, 0) is 49.3 Å². The Labute approximate surface area is 152 Å². The molecule has 6 nitrogen and oxygen atoms in total. The van der Waals surface area contributed by atoms with E-state index in [0.29, 0.717) is 17.7 Å². The van der Waals surface area contributed by atoms with Crippen LogP contribution < -0.4 is 4.74 Å². The predicted octanol–water partition coefficient (Wildman–Crippen LogP) is 3.41. The Kier molecular flexibility index (Phi) is 5.86. The average Bonchev–Trinajstić information content (AvgIpc) is 2.84. The number of hydrogen-bond acceptors (Lipinski definition) is 4. The molecule has 0 saturated carbocycles. The minimum atomic E-state index is 0.200. The molecule has 0 aliphatic carbocycles. The highest BCUT2D eigenvalue weighted by atomic mass is 32.1. The predicted molar refractivity (Wildman–Crippen MR) is 99.1 cm³/mol. The van der Waals surface area contributed by atoms with Crippen LogP contribution >= 0.6 is 12.2 Å². The molecule has 2 heterocycles. The molecule has 7 heteroatoms. The molecule has 25 heavy (non-hydrogen) atoms. The maximum atomic E-state index is 12.5. The normalized spacial score (nSPS) is 15.0. The highest BCUT2D eigenvalue weighted by Gasteiger charge is 2.17. The van der Waals surface area contributed by atoms with E-state index in [-0.39, 0.29) is 5.91 Å². The molecule has 1 amide bonds. The van der Waals surface area contributed by atoms with Crippen molar-refractivity contribution < 1.29 is 9.53 Å². The van der Waals surface area contributed by atoms with E-state index in [1.54, 1.807) is 7.11 Å². The summed E-state index contributed by atoms with van der Waals surface area (Å²) in [7, 11) is 1.64. The summed E-state index contributed by atoms with van der Waals surface area (Å²) in [6, 6.07) is 7.66. The van der Waals surface area contributed by atoms with E-state index in [0.717, 1.165) is 43.1 Å². The Morgan fingerprint density at radius 3 is 2.52 bits per heavy atom. The van der Waals surface area contributed by atoms with Gasteiger partial charge in [0.15, 0.2) is 10.6 Å². The lowest BCUT2D eigenvalue weighted by molar-refractivity contribution is -0.131. The van der Waals surface area contributed by atoms with Crippen LogP contribution in [0.5, 0.6) is 5.75 Å².